The van der Waals surface area contributed by atoms with Crippen LogP contribution < -0.4 is 9.62 Å². The second-order valence-electron chi connectivity index (χ2n) is 7.12. The SMILES string of the molecule is CCS(=O)(=O)Nc1ccc(-c2cc(N(C=O)C3CC3)nc3[nH]ccc23)c(C)c1F. The van der Waals surface area contributed by atoms with Gasteiger partial charge in [-0.2, -0.15) is 0 Å². The van der Waals surface area contributed by atoms with Crippen LogP contribution in [-0.2, 0) is 14.8 Å². The molecule has 1 saturated carbocycles. The molecule has 0 bridgehead atoms. The normalized spacial score (nSPS) is 14.2. The second kappa shape index (κ2) is 7.14. The third-order valence-corrected chi connectivity index (χ3v) is 6.45. The number of halogens is 1. The van der Waals surface area contributed by atoms with E-state index in [2.05, 4.69) is 14.7 Å². The molecule has 7 nitrogen and oxygen atoms in total. The van der Waals surface area contributed by atoms with E-state index in [9.17, 15) is 17.6 Å². The molecule has 9 heteroatoms. The molecule has 0 spiro atoms. The van der Waals surface area contributed by atoms with Gasteiger partial charge in [0.15, 0.2) is 5.82 Å². The molecule has 2 N–H and O–H groups in total. The Morgan fingerprint density at radius 3 is 2.72 bits per heavy atom. The number of hydrogen-bond acceptors (Lipinski definition) is 4. The molecule has 1 aromatic carbocycles. The number of rotatable bonds is 7. The van der Waals surface area contributed by atoms with Crippen molar-refractivity contribution in [3.05, 3.63) is 41.8 Å². The van der Waals surface area contributed by atoms with Crippen molar-refractivity contribution in [3.63, 3.8) is 0 Å². The minimum atomic E-state index is -3.59. The third kappa shape index (κ3) is 3.57. The quantitative estimate of drug-likeness (QED) is 0.576. The van der Waals surface area contributed by atoms with Crippen LogP contribution in [0.25, 0.3) is 22.2 Å². The lowest BCUT2D eigenvalue weighted by Gasteiger charge is -2.18. The first-order valence-corrected chi connectivity index (χ1v) is 11.0. The molecule has 1 aliphatic carbocycles. The van der Waals surface area contributed by atoms with Gasteiger partial charge >= 0.3 is 0 Å². The van der Waals surface area contributed by atoms with Crippen LogP contribution in [0.3, 0.4) is 0 Å². The van der Waals surface area contributed by atoms with Crippen LogP contribution in [0.2, 0.25) is 0 Å². The largest absolute Gasteiger partial charge is 0.346 e. The second-order valence-corrected chi connectivity index (χ2v) is 9.13. The van der Waals surface area contributed by atoms with Crippen molar-refractivity contribution in [2.45, 2.75) is 32.7 Å². The lowest BCUT2D eigenvalue weighted by molar-refractivity contribution is -0.107. The highest BCUT2D eigenvalue weighted by Crippen LogP contribution is 2.37. The van der Waals surface area contributed by atoms with E-state index in [-0.39, 0.29) is 17.5 Å². The predicted molar refractivity (Wildman–Crippen MR) is 111 cm³/mol. The highest BCUT2D eigenvalue weighted by molar-refractivity contribution is 7.92. The Hall–Kier alpha value is -2.94. The summed E-state index contributed by atoms with van der Waals surface area (Å²) in [6, 6.07) is 6.86. The Morgan fingerprint density at radius 1 is 1.31 bits per heavy atom. The first kappa shape index (κ1) is 19.4. The molecule has 0 atom stereocenters. The lowest BCUT2D eigenvalue weighted by atomic mass is 9.97. The van der Waals surface area contributed by atoms with E-state index in [4.69, 9.17) is 0 Å². The average molecular weight is 416 g/mol. The van der Waals surface area contributed by atoms with Crippen LogP contribution >= 0.6 is 0 Å². The van der Waals surface area contributed by atoms with Gasteiger partial charge in [0.25, 0.3) is 0 Å². The highest BCUT2D eigenvalue weighted by Gasteiger charge is 2.30. The summed E-state index contributed by atoms with van der Waals surface area (Å²) in [4.78, 5) is 20.8. The van der Waals surface area contributed by atoms with Crippen molar-refractivity contribution >= 4 is 39.0 Å². The van der Waals surface area contributed by atoms with Crippen LogP contribution in [0, 0.1) is 12.7 Å². The van der Waals surface area contributed by atoms with E-state index in [1.165, 1.54) is 13.0 Å². The van der Waals surface area contributed by atoms with E-state index >= 15 is 0 Å². The summed E-state index contributed by atoms with van der Waals surface area (Å²) >= 11 is 0. The van der Waals surface area contributed by atoms with Crippen molar-refractivity contribution in [1.29, 1.82) is 0 Å². The number of nitrogens with zero attached hydrogens (tertiary/aromatic N) is 2. The fraction of sp³-hybridized carbons (Fsp3) is 0.300. The van der Waals surface area contributed by atoms with E-state index < -0.39 is 15.8 Å². The Morgan fingerprint density at radius 2 is 2.07 bits per heavy atom. The van der Waals surface area contributed by atoms with Gasteiger partial charge in [0.05, 0.1) is 11.4 Å². The van der Waals surface area contributed by atoms with Gasteiger partial charge in [-0.25, -0.2) is 17.8 Å². The number of aromatic amines is 1. The molecule has 0 radical (unpaired) electrons. The maximum atomic E-state index is 15.0. The van der Waals surface area contributed by atoms with E-state index in [1.807, 2.05) is 6.07 Å². The molecule has 4 rings (SSSR count). The number of fused-ring (bicyclic) bond motifs is 1. The zero-order chi connectivity index (χ0) is 20.8. The third-order valence-electron chi connectivity index (χ3n) is 5.16. The Kier molecular flexibility index (Phi) is 4.77. The van der Waals surface area contributed by atoms with Gasteiger partial charge < -0.3 is 4.98 Å². The Balaban J connectivity index is 1.85. The minimum absolute atomic E-state index is 0.0832. The topological polar surface area (TPSA) is 95.2 Å². The summed E-state index contributed by atoms with van der Waals surface area (Å²) in [6.07, 6.45) is 4.37. The average Bonchev–Trinajstić information content (AvgIpc) is 3.41. The maximum absolute atomic E-state index is 15.0. The molecule has 152 valence electrons. The first-order chi connectivity index (χ1) is 13.8. The van der Waals surface area contributed by atoms with Gasteiger partial charge in [-0.05, 0) is 61.6 Å². The molecular formula is C20H21FN4O3S. The zero-order valence-corrected chi connectivity index (χ0v) is 16.9. The van der Waals surface area contributed by atoms with Crippen LogP contribution in [0.5, 0.6) is 0 Å². The number of anilines is 2. The fourth-order valence-corrected chi connectivity index (χ4v) is 3.99. The smallest absolute Gasteiger partial charge is 0.232 e. The van der Waals surface area contributed by atoms with Crippen molar-refractivity contribution in [2.24, 2.45) is 0 Å². The van der Waals surface area contributed by atoms with Crippen LogP contribution in [-0.4, -0.2) is 36.6 Å². The minimum Gasteiger partial charge on any atom is -0.346 e. The van der Waals surface area contributed by atoms with Crippen molar-refractivity contribution in [3.8, 4) is 11.1 Å². The standard InChI is InChI=1S/C20H21FN4O3S/c1-3-29(27,28)24-17-7-6-14(12(2)19(17)21)16-10-18(25(11-26)13-4-5-13)23-20-15(16)8-9-22-20/h6-11,13,24H,3-5H2,1-2H3,(H,22,23). The summed E-state index contributed by atoms with van der Waals surface area (Å²) in [6.45, 7) is 3.09. The molecule has 0 aliphatic heterocycles. The Bertz CT molecular complexity index is 1200. The summed E-state index contributed by atoms with van der Waals surface area (Å²) in [7, 11) is -3.59. The van der Waals surface area contributed by atoms with Gasteiger partial charge in [-0.1, -0.05) is 6.07 Å². The number of amides is 1. The van der Waals surface area contributed by atoms with Crippen LogP contribution in [0.15, 0.2) is 30.5 Å². The number of H-pyrrole nitrogens is 1. The molecule has 0 unspecified atom stereocenters. The van der Waals surface area contributed by atoms with Gasteiger partial charge in [-0.3, -0.25) is 14.4 Å². The van der Waals surface area contributed by atoms with E-state index in [0.29, 0.717) is 22.6 Å². The number of pyridine rings is 1. The van der Waals surface area contributed by atoms with Gasteiger partial charge in [0.1, 0.15) is 11.5 Å². The van der Waals surface area contributed by atoms with Gasteiger partial charge in [0.2, 0.25) is 16.4 Å². The molecule has 1 fully saturated rings. The molecule has 0 saturated heterocycles. The first-order valence-electron chi connectivity index (χ1n) is 9.36. The summed E-state index contributed by atoms with van der Waals surface area (Å²) in [5.41, 5.74) is 2.16. The highest BCUT2D eigenvalue weighted by atomic mass is 32.2. The number of hydrogen-bond donors (Lipinski definition) is 2. The van der Waals surface area contributed by atoms with Crippen molar-refractivity contribution in [1.82, 2.24) is 9.97 Å². The van der Waals surface area contributed by atoms with E-state index in [1.54, 1.807) is 30.2 Å². The van der Waals surface area contributed by atoms with Crippen molar-refractivity contribution < 1.29 is 17.6 Å². The lowest BCUT2D eigenvalue weighted by Crippen LogP contribution is -2.24. The number of nitrogens with one attached hydrogen (secondary N) is 2. The maximum Gasteiger partial charge on any atom is 0.232 e. The molecule has 1 amide bonds. The van der Waals surface area contributed by atoms with Crippen LogP contribution in [0.4, 0.5) is 15.9 Å². The molecule has 1 aliphatic rings. The number of carbonyl (C=O) groups excluding carboxylic acids is 1. The fourth-order valence-electron chi connectivity index (χ4n) is 3.35. The molecule has 2 heterocycles. The van der Waals surface area contributed by atoms with Crippen LogP contribution in [0.1, 0.15) is 25.3 Å². The number of benzene rings is 1. The van der Waals surface area contributed by atoms with Crippen molar-refractivity contribution in [2.75, 3.05) is 15.4 Å². The van der Waals surface area contributed by atoms with Gasteiger partial charge in [-0.15, -0.1) is 0 Å². The van der Waals surface area contributed by atoms with E-state index in [0.717, 1.165) is 30.2 Å². The summed E-state index contributed by atoms with van der Waals surface area (Å²) in [5, 5.41) is 0.791. The summed E-state index contributed by atoms with van der Waals surface area (Å²) < 4.78 is 40.9. The number of carbonyl (C=O) groups is 1. The monoisotopic (exact) mass is 416 g/mol. The molecular weight excluding hydrogens is 395 g/mol. The number of aromatic nitrogens is 2. The number of sulfonamides is 1. The summed E-state index contributed by atoms with van der Waals surface area (Å²) in [5.74, 6) is -0.271. The Labute approximate surface area is 168 Å². The zero-order valence-electron chi connectivity index (χ0n) is 16.1. The van der Waals surface area contributed by atoms with Gasteiger partial charge in [0, 0.05) is 17.6 Å². The predicted octanol–water partition coefficient (Wildman–Crippen LogP) is 3.56. The molecule has 2 aromatic heterocycles. The molecule has 3 aromatic rings. The molecule has 29 heavy (non-hydrogen) atoms.